The third-order valence-electron chi connectivity index (χ3n) is 2.75. The van der Waals surface area contributed by atoms with Gasteiger partial charge in [0.25, 0.3) is 0 Å². The second kappa shape index (κ2) is 11.6. The molecule has 0 aromatic carbocycles. The van der Waals surface area contributed by atoms with Crippen LogP contribution in [0.2, 0.25) is 0 Å². The van der Waals surface area contributed by atoms with Gasteiger partial charge in [0, 0.05) is 6.61 Å². The van der Waals surface area contributed by atoms with Crippen molar-refractivity contribution in [2.45, 2.75) is 71.1 Å². The molecule has 0 aliphatic rings. The van der Waals surface area contributed by atoms with Crippen LogP contribution in [0.3, 0.4) is 0 Å². The van der Waals surface area contributed by atoms with Gasteiger partial charge >= 0.3 is 0 Å². The molecule has 17 heavy (non-hydrogen) atoms. The largest absolute Gasteiger partial charge is 0.812 e. The van der Waals surface area contributed by atoms with E-state index in [1.165, 1.54) is 44.9 Å². The molecule has 0 N–H and O–H groups in total. The molecule has 0 spiro atoms. The molecule has 0 saturated heterocycles. The zero-order valence-corrected chi connectivity index (χ0v) is 12.6. The van der Waals surface area contributed by atoms with Crippen LogP contribution in [0.4, 0.5) is 0 Å². The number of hydrogen-bond acceptors (Lipinski definition) is 4. The van der Waals surface area contributed by atoms with E-state index in [9.17, 15) is 9.79 Å². The van der Waals surface area contributed by atoms with Crippen LogP contribution < -0.4 is 9.79 Å². The molecule has 0 amide bonds. The lowest BCUT2D eigenvalue weighted by atomic mass is 10.1. The van der Waals surface area contributed by atoms with E-state index in [4.69, 9.17) is 0 Å². The topological polar surface area (TPSA) is 55.3 Å². The minimum Gasteiger partial charge on any atom is -0.812 e. The van der Waals surface area contributed by atoms with Gasteiger partial charge in [-0.15, -0.1) is 11.8 Å². The lowest BCUT2D eigenvalue weighted by Crippen LogP contribution is -2.16. The maximum Gasteiger partial charge on any atom is 0.0486 e. The van der Waals surface area contributed by atoms with E-state index in [1.807, 2.05) is 0 Å². The molecule has 0 radical (unpaired) electrons. The highest BCUT2D eigenvalue weighted by molar-refractivity contribution is 8.05. The summed E-state index contributed by atoms with van der Waals surface area (Å²) in [5, 5.41) is 0. The van der Waals surface area contributed by atoms with Gasteiger partial charge in [-0.05, 0) is 6.42 Å². The third kappa shape index (κ3) is 16.5. The van der Waals surface area contributed by atoms with Crippen LogP contribution >= 0.6 is 6.72 Å². The van der Waals surface area contributed by atoms with Crippen LogP contribution in [0.5, 0.6) is 0 Å². The highest BCUT2D eigenvalue weighted by atomic mass is 32.5. The van der Waals surface area contributed by atoms with E-state index in [0.717, 1.165) is 19.3 Å². The molecular formula is C12H25O3PS-2. The summed E-state index contributed by atoms with van der Waals surface area (Å²) in [5.41, 5.74) is 0. The van der Waals surface area contributed by atoms with Crippen LogP contribution in [0, 0.1) is 0 Å². The van der Waals surface area contributed by atoms with Crippen molar-refractivity contribution in [1.29, 1.82) is 0 Å². The second-order valence-corrected chi connectivity index (χ2v) is 6.96. The molecule has 0 aromatic rings. The summed E-state index contributed by atoms with van der Waals surface area (Å²) < 4.78 is 4.52. The van der Waals surface area contributed by atoms with Crippen molar-refractivity contribution in [2.24, 2.45) is 0 Å². The van der Waals surface area contributed by atoms with Crippen molar-refractivity contribution in [3.8, 4) is 0 Å². The normalized spacial score (nSPS) is 11.9. The Morgan fingerprint density at radius 1 is 0.824 bits per heavy atom. The molecular weight excluding hydrogens is 255 g/mol. The van der Waals surface area contributed by atoms with Crippen LogP contribution in [-0.4, -0.2) is 6.61 Å². The third-order valence-corrected chi connectivity index (χ3v) is 3.56. The Kier molecular flexibility index (Phi) is 12.0. The summed E-state index contributed by atoms with van der Waals surface area (Å²) in [4.78, 5) is 21.0. The van der Waals surface area contributed by atoms with Crippen molar-refractivity contribution >= 4 is 18.5 Å². The predicted molar refractivity (Wildman–Crippen MR) is 72.1 cm³/mol. The molecule has 0 unspecified atom stereocenters. The smallest absolute Gasteiger partial charge is 0.0486 e. The Balaban J connectivity index is 3.01. The van der Waals surface area contributed by atoms with Crippen molar-refractivity contribution in [1.82, 2.24) is 0 Å². The van der Waals surface area contributed by atoms with Crippen molar-refractivity contribution < 1.29 is 14.3 Å². The van der Waals surface area contributed by atoms with Crippen molar-refractivity contribution in [2.75, 3.05) is 6.61 Å². The quantitative estimate of drug-likeness (QED) is 0.407. The molecule has 3 nitrogen and oxygen atoms in total. The van der Waals surface area contributed by atoms with Gasteiger partial charge < -0.3 is 14.3 Å². The van der Waals surface area contributed by atoms with Gasteiger partial charge in [-0.3, -0.25) is 0 Å². The van der Waals surface area contributed by atoms with Gasteiger partial charge in [-0.1, -0.05) is 71.4 Å². The maximum absolute atomic E-state index is 10.5. The fraction of sp³-hybridized carbons (Fsp3) is 1.00. The molecule has 0 aliphatic carbocycles. The Labute approximate surface area is 111 Å². The monoisotopic (exact) mass is 280 g/mol. The SMILES string of the molecule is CCCCCCCCCCCCOP([O-])([O-])=S. The predicted octanol–water partition coefficient (Wildman–Crippen LogP) is 2.87. The van der Waals surface area contributed by atoms with Gasteiger partial charge in [-0.2, -0.15) is 0 Å². The molecule has 0 saturated carbocycles. The summed E-state index contributed by atoms with van der Waals surface area (Å²) >= 11 is 4.13. The van der Waals surface area contributed by atoms with E-state index in [-0.39, 0.29) is 6.61 Å². The van der Waals surface area contributed by atoms with E-state index in [0.29, 0.717) is 0 Å². The Morgan fingerprint density at radius 2 is 1.24 bits per heavy atom. The molecule has 0 rings (SSSR count). The zero-order chi connectivity index (χ0) is 13.0. The zero-order valence-electron chi connectivity index (χ0n) is 10.9. The number of rotatable bonds is 12. The average Bonchev–Trinajstić information content (AvgIpc) is 2.24. The maximum atomic E-state index is 10.5. The first kappa shape index (κ1) is 17.5. The number of unbranched alkanes of at least 4 members (excludes halogenated alkanes) is 9. The summed E-state index contributed by atoms with van der Waals surface area (Å²) in [6.07, 6.45) is 12.2. The van der Waals surface area contributed by atoms with Crippen LogP contribution in [-0.2, 0) is 16.3 Å². The summed E-state index contributed by atoms with van der Waals surface area (Å²) in [7, 11) is 0. The van der Waals surface area contributed by atoms with E-state index in [1.54, 1.807) is 0 Å². The van der Waals surface area contributed by atoms with E-state index in [2.05, 4.69) is 23.3 Å². The lowest BCUT2D eigenvalue weighted by Gasteiger charge is -2.34. The molecule has 0 aromatic heterocycles. The van der Waals surface area contributed by atoms with E-state index < -0.39 is 6.72 Å². The Morgan fingerprint density at radius 3 is 1.65 bits per heavy atom. The first-order valence-corrected chi connectivity index (χ1v) is 9.28. The molecule has 0 atom stereocenters. The van der Waals surface area contributed by atoms with Crippen molar-refractivity contribution in [3.05, 3.63) is 0 Å². The number of hydrogen-bond donors (Lipinski definition) is 0. The van der Waals surface area contributed by atoms with Crippen LogP contribution in [0.25, 0.3) is 0 Å². The Bertz CT molecular complexity index is 206. The van der Waals surface area contributed by atoms with Gasteiger partial charge in [0.15, 0.2) is 0 Å². The molecule has 104 valence electrons. The van der Waals surface area contributed by atoms with Gasteiger partial charge in [-0.25, -0.2) is 0 Å². The minimum absolute atomic E-state index is 0.251. The average molecular weight is 280 g/mol. The highest BCUT2D eigenvalue weighted by Gasteiger charge is 1.93. The van der Waals surface area contributed by atoms with Crippen LogP contribution in [0.1, 0.15) is 71.1 Å². The van der Waals surface area contributed by atoms with E-state index >= 15 is 0 Å². The molecule has 0 bridgehead atoms. The molecule has 0 heterocycles. The standard InChI is InChI=1S/C12H27O3PS/c1-2-3-4-5-6-7-8-9-10-11-12-15-16(13,14)17/h2-12H2,1H3,(H2,13,14,17)/p-2. The first-order valence-electron chi connectivity index (χ1n) is 6.73. The van der Waals surface area contributed by atoms with Gasteiger partial charge in [0.05, 0.1) is 0 Å². The lowest BCUT2D eigenvalue weighted by molar-refractivity contribution is -0.321. The summed E-state index contributed by atoms with van der Waals surface area (Å²) in [6.45, 7) is -1.43. The molecule has 0 aliphatic heterocycles. The highest BCUT2D eigenvalue weighted by Crippen LogP contribution is 2.25. The summed E-state index contributed by atoms with van der Waals surface area (Å²) in [5.74, 6) is 0. The second-order valence-electron chi connectivity index (χ2n) is 4.46. The fourth-order valence-corrected chi connectivity index (χ4v) is 2.34. The van der Waals surface area contributed by atoms with Crippen molar-refractivity contribution in [3.63, 3.8) is 0 Å². The minimum atomic E-state index is -3.91. The van der Waals surface area contributed by atoms with Gasteiger partial charge in [0.1, 0.15) is 0 Å². The summed E-state index contributed by atoms with van der Waals surface area (Å²) in [6, 6.07) is 0. The first-order chi connectivity index (χ1) is 8.06. The fourth-order valence-electron chi connectivity index (χ4n) is 1.77. The molecule has 0 fully saturated rings. The molecule has 5 heteroatoms. The van der Waals surface area contributed by atoms with Crippen LogP contribution in [0.15, 0.2) is 0 Å². The Hall–Kier alpha value is 0.530. The van der Waals surface area contributed by atoms with Gasteiger partial charge in [0.2, 0.25) is 0 Å².